The standard InChI is InChI=1S/C9H12BrFS/c1-2-3-4-5-8-7(11)6-9(10)12-8/h6H,2-5H2,1H3. The number of unbranched alkanes of at least 4 members (excludes halogenated alkanes) is 2. The van der Waals surface area contributed by atoms with E-state index in [1.54, 1.807) is 6.07 Å². The van der Waals surface area contributed by atoms with Crippen LogP contribution < -0.4 is 0 Å². The predicted octanol–water partition coefficient (Wildman–Crippen LogP) is 4.38. The fourth-order valence-electron chi connectivity index (χ4n) is 1.08. The Morgan fingerprint density at radius 1 is 1.50 bits per heavy atom. The second-order valence-corrected chi connectivity index (χ2v) is 5.29. The van der Waals surface area contributed by atoms with Gasteiger partial charge >= 0.3 is 0 Å². The lowest BCUT2D eigenvalue weighted by Gasteiger charge is -1.95. The van der Waals surface area contributed by atoms with Crippen LogP contribution in [0.4, 0.5) is 4.39 Å². The molecule has 0 bridgehead atoms. The van der Waals surface area contributed by atoms with Crippen LogP contribution >= 0.6 is 27.3 Å². The highest BCUT2D eigenvalue weighted by atomic mass is 79.9. The Labute approximate surface area is 84.9 Å². The molecule has 0 spiro atoms. The summed E-state index contributed by atoms with van der Waals surface area (Å²) in [6.07, 6.45) is 4.36. The van der Waals surface area contributed by atoms with Gasteiger partial charge in [0.15, 0.2) is 0 Å². The molecule has 1 rings (SSSR count). The number of aryl methyl sites for hydroxylation is 1. The normalized spacial score (nSPS) is 10.6. The quantitative estimate of drug-likeness (QED) is 0.696. The van der Waals surface area contributed by atoms with Crippen molar-refractivity contribution in [3.63, 3.8) is 0 Å². The molecule has 0 amide bonds. The number of hydrogen-bond donors (Lipinski definition) is 0. The molecule has 0 unspecified atom stereocenters. The van der Waals surface area contributed by atoms with Crippen molar-refractivity contribution in [3.05, 3.63) is 20.5 Å². The smallest absolute Gasteiger partial charge is 0.138 e. The van der Waals surface area contributed by atoms with Gasteiger partial charge in [0.2, 0.25) is 0 Å². The molecular formula is C9H12BrFS. The van der Waals surface area contributed by atoms with E-state index in [1.807, 2.05) is 0 Å². The average Bonchev–Trinajstić information content (AvgIpc) is 2.31. The predicted molar refractivity (Wildman–Crippen MR) is 55.2 cm³/mol. The Hall–Kier alpha value is 0.110. The highest BCUT2D eigenvalue weighted by Gasteiger charge is 2.05. The fraction of sp³-hybridized carbons (Fsp3) is 0.556. The Kier molecular flexibility index (Phi) is 4.22. The Bertz CT molecular complexity index is 245. The molecular weight excluding hydrogens is 239 g/mol. The molecule has 12 heavy (non-hydrogen) atoms. The van der Waals surface area contributed by atoms with Gasteiger partial charge in [0, 0.05) is 4.88 Å². The van der Waals surface area contributed by atoms with Crippen LogP contribution in [0.1, 0.15) is 31.1 Å². The van der Waals surface area contributed by atoms with E-state index in [-0.39, 0.29) is 5.82 Å². The summed E-state index contributed by atoms with van der Waals surface area (Å²) < 4.78 is 13.9. The van der Waals surface area contributed by atoms with Crippen LogP contribution in [0, 0.1) is 5.82 Å². The minimum atomic E-state index is -0.0528. The molecule has 0 atom stereocenters. The van der Waals surface area contributed by atoms with Crippen LogP contribution in [-0.2, 0) is 6.42 Å². The third-order valence-electron chi connectivity index (χ3n) is 1.73. The van der Waals surface area contributed by atoms with Gasteiger partial charge in [0.25, 0.3) is 0 Å². The van der Waals surface area contributed by atoms with E-state index in [9.17, 15) is 4.39 Å². The molecule has 0 fully saturated rings. The third kappa shape index (κ3) is 2.87. The zero-order valence-electron chi connectivity index (χ0n) is 7.07. The molecule has 0 aliphatic carbocycles. The first-order valence-corrected chi connectivity index (χ1v) is 5.78. The molecule has 0 nitrogen and oxygen atoms in total. The summed E-state index contributed by atoms with van der Waals surface area (Å²) in [5.41, 5.74) is 0. The van der Waals surface area contributed by atoms with Crippen LogP contribution in [0.5, 0.6) is 0 Å². The van der Waals surface area contributed by atoms with E-state index in [1.165, 1.54) is 24.2 Å². The fourth-order valence-corrected chi connectivity index (χ4v) is 2.67. The van der Waals surface area contributed by atoms with E-state index in [2.05, 4.69) is 22.9 Å². The highest BCUT2D eigenvalue weighted by molar-refractivity contribution is 9.11. The number of rotatable bonds is 4. The molecule has 0 N–H and O–H groups in total. The molecule has 0 aromatic carbocycles. The first-order valence-electron chi connectivity index (χ1n) is 4.17. The summed E-state index contributed by atoms with van der Waals surface area (Å²) >= 11 is 4.78. The molecule has 0 saturated carbocycles. The second kappa shape index (κ2) is 4.97. The monoisotopic (exact) mass is 250 g/mol. The van der Waals surface area contributed by atoms with Crippen molar-refractivity contribution in [1.82, 2.24) is 0 Å². The SMILES string of the molecule is CCCCCc1sc(Br)cc1F. The summed E-state index contributed by atoms with van der Waals surface area (Å²) in [4.78, 5) is 0.885. The maximum absolute atomic E-state index is 13.0. The second-order valence-electron chi connectivity index (χ2n) is 2.78. The van der Waals surface area contributed by atoms with Crippen molar-refractivity contribution < 1.29 is 4.39 Å². The maximum atomic E-state index is 13.0. The van der Waals surface area contributed by atoms with E-state index in [4.69, 9.17) is 0 Å². The molecule has 1 aromatic rings. The summed E-state index contributed by atoms with van der Waals surface area (Å²) in [5.74, 6) is -0.0528. The molecule has 0 aliphatic rings. The van der Waals surface area contributed by atoms with Crippen LogP contribution in [-0.4, -0.2) is 0 Å². The third-order valence-corrected chi connectivity index (χ3v) is 3.41. The van der Waals surface area contributed by atoms with Gasteiger partial charge in [0.05, 0.1) is 3.79 Å². The van der Waals surface area contributed by atoms with E-state index < -0.39 is 0 Å². The van der Waals surface area contributed by atoms with Crippen molar-refractivity contribution in [2.24, 2.45) is 0 Å². The van der Waals surface area contributed by atoms with Crippen molar-refractivity contribution in [3.8, 4) is 0 Å². The molecule has 3 heteroatoms. The van der Waals surface area contributed by atoms with E-state index in [0.717, 1.165) is 21.5 Å². The molecule has 1 aromatic heterocycles. The highest BCUT2D eigenvalue weighted by Crippen LogP contribution is 2.27. The van der Waals surface area contributed by atoms with Crippen molar-refractivity contribution >= 4 is 27.3 Å². The van der Waals surface area contributed by atoms with Gasteiger partial charge in [0.1, 0.15) is 5.82 Å². The van der Waals surface area contributed by atoms with Crippen LogP contribution in [0.2, 0.25) is 0 Å². The summed E-state index contributed by atoms with van der Waals surface area (Å²) in [7, 11) is 0. The van der Waals surface area contributed by atoms with Gasteiger partial charge in [-0.05, 0) is 34.8 Å². The minimum Gasteiger partial charge on any atom is -0.206 e. The Morgan fingerprint density at radius 3 is 2.75 bits per heavy atom. The van der Waals surface area contributed by atoms with Crippen LogP contribution in [0.15, 0.2) is 9.85 Å². The first-order chi connectivity index (χ1) is 5.74. The zero-order chi connectivity index (χ0) is 8.97. The summed E-state index contributed by atoms with van der Waals surface area (Å²) in [6, 6.07) is 1.55. The summed E-state index contributed by atoms with van der Waals surface area (Å²) in [5, 5.41) is 0. The van der Waals surface area contributed by atoms with Gasteiger partial charge in [-0.3, -0.25) is 0 Å². The van der Waals surface area contributed by atoms with Crippen molar-refractivity contribution in [1.29, 1.82) is 0 Å². The van der Waals surface area contributed by atoms with Gasteiger partial charge < -0.3 is 0 Å². The topological polar surface area (TPSA) is 0 Å². The Morgan fingerprint density at radius 2 is 2.25 bits per heavy atom. The maximum Gasteiger partial charge on any atom is 0.138 e. The van der Waals surface area contributed by atoms with Gasteiger partial charge in [-0.1, -0.05) is 19.8 Å². The molecule has 0 radical (unpaired) electrons. The number of halogens is 2. The first kappa shape index (κ1) is 10.2. The molecule has 1 heterocycles. The van der Waals surface area contributed by atoms with E-state index in [0.29, 0.717) is 0 Å². The lowest BCUT2D eigenvalue weighted by molar-refractivity contribution is 0.608. The van der Waals surface area contributed by atoms with Gasteiger partial charge in [-0.2, -0.15) is 0 Å². The number of hydrogen-bond acceptors (Lipinski definition) is 1. The Balaban J connectivity index is 2.45. The van der Waals surface area contributed by atoms with Crippen LogP contribution in [0.25, 0.3) is 0 Å². The van der Waals surface area contributed by atoms with Crippen molar-refractivity contribution in [2.75, 3.05) is 0 Å². The minimum absolute atomic E-state index is 0.0528. The molecule has 68 valence electrons. The van der Waals surface area contributed by atoms with Gasteiger partial charge in [-0.25, -0.2) is 4.39 Å². The zero-order valence-corrected chi connectivity index (χ0v) is 9.47. The van der Waals surface area contributed by atoms with Crippen LogP contribution in [0.3, 0.4) is 0 Å². The molecule has 0 aliphatic heterocycles. The molecule has 0 saturated heterocycles. The van der Waals surface area contributed by atoms with E-state index >= 15 is 0 Å². The average molecular weight is 251 g/mol. The lowest BCUT2D eigenvalue weighted by atomic mass is 10.2. The largest absolute Gasteiger partial charge is 0.206 e. The van der Waals surface area contributed by atoms with Crippen molar-refractivity contribution in [2.45, 2.75) is 32.6 Å². The number of thiophene rings is 1. The lowest BCUT2D eigenvalue weighted by Crippen LogP contribution is -1.83. The van der Waals surface area contributed by atoms with Gasteiger partial charge in [-0.15, -0.1) is 11.3 Å². The summed E-state index contributed by atoms with van der Waals surface area (Å²) in [6.45, 7) is 2.15.